The van der Waals surface area contributed by atoms with Crippen molar-refractivity contribution in [3.05, 3.63) is 60.2 Å². The van der Waals surface area contributed by atoms with Gasteiger partial charge in [-0.2, -0.15) is 0 Å². The molecule has 1 aromatic rings. The smallest absolute Gasteiger partial charge is 0.0705 e. The Morgan fingerprint density at radius 3 is 2.79 bits per heavy atom. The van der Waals surface area contributed by atoms with E-state index in [0.717, 1.165) is 42.2 Å². The number of hydrogen-bond donors (Lipinski definition) is 1. The molecule has 1 fully saturated rings. The molecule has 2 rings (SSSR count). The number of hydrogen-bond acceptors (Lipinski definition) is 4. The Morgan fingerprint density at radius 1 is 1.42 bits per heavy atom. The molecule has 1 unspecified atom stereocenters. The van der Waals surface area contributed by atoms with E-state index in [0.29, 0.717) is 6.04 Å². The van der Waals surface area contributed by atoms with E-state index in [1.165, 1.54) is 5.70 Å². The topological polar surface area (TPSA) is 40.5 Å². The van der Waals surface area contributed by atoms with Crippen LogP contribution in [0.25, 0.3) is 5.57 Å². The van der Waals surface area contributed by atoms with Gasteiger partial charge in [-0.1, -0.05) is 18.7 Å². The monoisotopic (exact) mass is 324 g/mol. The van der Waals surface area contributed by atoms with Gasteiger partial charge in [-0.25, -0.2) is 0 Å². The van der Waals surface area contributed by atoms with Gasteiger partial charge in [0, 0.05) is 60.6 Å². The van der Waals surface area contributed by atoms with Gasteiger partial charge < -0.3 is 10.2 Å². The number of rotatable bonds is 5. The zero-order chi connectivity index (χ0) is 17.5. The lowest BCUT2D eigenvalue weighted by Gasteiger charge is -2.35. The van der Waals surface area contributed by atoms with Crippen molar-refractivity contribution in [1.82, 2.24) is 15.2 Å². The van der Waals surface area contributed by atoms with Crippen molar-refractivity contribution < 1.29 is 0 Å². The molecule has 24 heavy (non-hydrogen) atoms. The van der Waals surface area contributed by atoms with Crippen molar-refractivity contribution in [3.63, 3.8) is 0 Å². The van der Waals surface area contributed by atoms with E-state index >= 15 is 0 Å². The van der Waals surface area contributed by atoms with Crippen molar-refractivity contribution in [3.8, 4) is 0 Å². The van der Waals surface area contributed by atoms with E-state index in [1.54, 1.807) is 6.20 Å². The van der Waals surface area contributed by atoms with Gasteiger partial charge in [0.05, 0.1) is 5.69 Å². The first-order chi connectivity index (χ1) is 11.6. The maximum absolute atomic E-state index is 4.54. The second-order valence-corrected chi connectivity index (χ2v) is 6.08. The van der Waals surface area contributed by atoms with Crippen LogP contribution in [0.4, 0.5) is 0 Å². The third-order valence-electron chi connectivity index (χ3n) is 4.35. The molecule has 0 radical (unpaired) electrons. The first-order valence-electron chi connectivity index (χ1n) is 8.51. The van der Waals surface area contributed by atoms with E-state index in [9.17, 15) is 0 Å². The van der Waals surface area contributed by atoms with Crippen LogP contribution in [-0.2, 0) is 0 Å². The summed E-state index contributed by atoms with van der Waals surface area (Å²) in [6.07, 6.45) is 5.56. The molecule has 0 bridgehead atoms. The highest BCUT2D eigenvalue weighted by Gasteiger charge is 2.21. The number of piperazine rings is 1. The van der Waals surface area contributed by atoms with Crippen LogP contribution >= 0.6 is 0 Å². The second kappa shape index (κ2) is 8.60. The lowest BCUT2D eigenvalue weighted by molar-refractivity contribution is 0.256. The minimum Gasteiger partial charge on any atom is -0.372 e. The molecule has 0 amide bonds. The molecule has 128 valence electrons. The number of aromatic nitrogens is 1. The summed E-state index contributed by atoms with van der Waals surface area (Å²) in [5, 5.41) is 3.50. The third kappa shape index (κ3) is 4.20. The van der Waals surface area contributed by atoms with E-state index in [2.05, 4.69) is 53.6 Å². The largest absolute Gasteiger partial charge is 0.372 e. The number of aliphatic imine (C=N–C) groups is 1. The Balaban J connectivity index is 2.53. The van der Waals surface area contributed by atoms with E-state index < -0.39 is 0 Å². The minimum atomic E-state index is 0.482. The van der Waals surface area contributed by atoms with Crippen LogP contribution < -0.4 is 5.32 Å². The average Bonchev–Trinajstić information content (AvgIpc) is 2.60. The fourth-order valence-electron chi connectivity index (χ4n) is 3.19. The molecule has 1 aliphatic heterocycles. The Morgan fingerprint density at radius 2 is 2.21 bits per heavy atom. The zero-order valence-electron chi connectivity index (χ0n) is 15.2. The highest BCUT2D eigenvalue weighted by molar-refractivity contribution is 6.12. The van der Waals surface area contributed by atoms with Crippen LogP contribution in [0.3, 0.4) is 0 Å². The summed E-state index contributed by atoms with van der Waals surface area (Å²) >= 11 is 0. The summed E-state index contributed by atoms with van der Waals surface area (Å²) in [5.41, 5.74) is 5.43. The fourth-order valence-corrected chi connectivity index (χ4v) is 3.19. The fraction of sp³-hybridized carbons (Fsp3) is 0.400. The first-order valence-corrected chi connectivity index (χ1v) is 8.51. The summed E-state index contributed by atoms with van der Waals surface area (Å²) in [4.78, 5) is 11.4. The number of nitrogens with zero attached hydrogens (tertiary/aromatic N) is 3. The van der Waals surface area contributed by atoms with E-state index in [1.807, 2.05) is 31.3 Å². The Hall–Kier alpha value is -2.20. The van der Waals surface area contributed by atoms with Crippen LogP contribution in [0.5, 0.6) is 0 Å². The number of nitrogens with one attached hydrogen (secondary N) is 1. The van der Waals surface area contributed by atoms with Crippen molar-refractivity contribution in [2.75, 3.05) is 19.6 Å². The molecule has 0 aromatic carbocycles. The SMILES string of the molecule is C=CN=C(C)C(/C(=C\C)c1ccccn1)=C(\C)N1CCNC(C)C1. The van der Waals surface area contributed by atoms with E-state index in [4.69, 9.17) is 0 Å². The second-order valence-electron chi connectivity index (χ2n) is 6.08. The molecule has 0 spiro atoms. The molecular formula is C20H28N4. The molecule has 4 nitrogen and oxygen atoms in total. The van der Waals surface area contributed by atoms with E-state index in [-0.39, 0.29) is 0 Å². The van der Waals surface area contributed by atoms with Gasteiger partial charge in [0.15, 0.2) is 0 Å². The summed E-state index contributed by atoms with van der Waals surface area (Å²) in [6.45, 7) is 15.2. The molecule has 1 aliphatic rings. The normalized spacial score (nSPS) is 20.7. The Labute approximate surface area is 145 Å². The Kier molecular flexibility index (Phi) is 6.50. The molecule has 1 atom stereocenters. The summed E-state index contributed by atoms with van der Waals surface area (Å²) in [6, 6.07) is 6.49. The van der Waals surface area contributed by atoms with Gasteiger partial charge in [-0.15, -0.1) is 0 Å². The van der Waals surface area contributed by atoms with Crippen LogP contribution in [0.2, 0.25) is 0 Å². The van der Waals surface area contributed by atoms with Gasteiger partial charge >= 0.3 is 0 Å². The average molecular weight is 324 g/mol. The van der Waals surface area contributed by atoms with Crippen molar-refractivity contribution >= 4 is 11.3 Å². The number of allylic oxidation sites excluding steroid dienone is 4. The van der Waals surface area contributed by atoms with Gasteiger partial charge in [0.1, 0.15) is 0 Å². The molecule has 2 heterocycles. The highest BCUT2D eigenvalue weighted by Crippen LogP contribution is 2.28. The molecular weight excluding hydrogens is 296 g/mol. The van der Waals surface area contributed by atoms with Crippen LogP contribution in [0.1, 0.15) is 33.4 Å². The van der Waals surface area contributed by atoms with Gasteiger partial charge in [-0.05, 0) is 39.8 Å². The zero-order valence-corrected chi connectivity index (χ0v) is 15.2. The summed E-state index contributed by atoms with van der Waals surface area (Å²) in [7, 11) is 0. The molecule has 1 saturated heterocycles. The standard InChI is InChI=1S/C20H28N4/c1-6-18(19-10-8-9-11-23-19)20(16(4)21-7-2)17(5)24-13-12-22-15(3)14-24/h6-11,15,22H,2,12-14H2,1,3-5H3/b18-6-,20-17-,21-16?. The molecule has 1 aromatic heterocycles. The molecule has 0 saturated carbocycles. The van der Waals surface area contributed by atoms with Gasteiger partial charge in [0.25, 0.3) is 0 Å². The van der Waals surface area contributed by atoms with Crippen molar-refractivity contribution in [2.45, 2.75) is 33.7 Å². The summed E-state index contributed by atoms with van der Waals surface area (Å²) in [5.74, 6) is 0. The lowest BCUT2D eigenvalue weighted by Crippen LogP contribution is -2.48. The highest BCUT2D eigenvalue weighted by atomic mass is 15.2. The van der Waals surface area contributed by atoms with Crippen LogP contribution in [-0.4, -0.2) is 41.3 Å². The maximum Gasteiger partial charge on any atom is 0.0705 e. The predicted molar refractivity (Wildman–Crippen MR) is 103 cm³/mol. The predicted octanol–water partition coefficient (Wildman–Crippen LogP) is 3.66. The van der Waals surface area contributed by atoms with Crippen molar-refractivity contribution in [1.29, 1.82) is 0 Å². The van der Waals surface area contributed by atoms with Gasteiger partial charge in [-0.3, -0.25) is 9.98 Å². The first kappa shape index (κ1) is 18.1. The minimum absolute atomic E-state index is 0.482. The van der Waals surface area contributed by atoms with Crippen LogP contribution in [0, 0.1) is 0 Å². The number of pyridine rings is 1. The van der Waals surface area contributed by atoms with Gasteiger partial charge in [0.2, 0.25) is 0 Å². The quantitative estimate of drug-likeness (QED) is 0.664. The maximum atomic E-state index is 4.54. The van der Waals surface area contributed by atoms with Crippen molar-refractivity contribution in [2.24, 2.45) is 4.99 Å². The van der Waals surface area contributed by atoms with Crippen LogP contribution in [0.15, 0.2) is 59.5 Å². The molecule has 1 N–H and O–H groups in total. The molecule has 0 aliphatic carbocycles. The Bertz CT molecular complexity index is 655. The lowest BCUT2D eigenvalue weighted by atomic mass is 9.95. The third-order valence-corrected chi connectivity index (χ3v) is 4.35. The summed E-state index contributed by atoms with van der Waals surface area (Å²) < 4.78 is 0. The molecule has 4 heteroatoms.